The number of halogens is 4. The Bertz CT molecular complexity index is 1150. The molecule has 0 radical (unpaired) electrons. The molecule has 0 aliphatic rings. The van der Waals surface area contributed by atoms with Gasteiger partial charge >= 0.3 is 6.18 Å². The number of rotatable bonds is 2. The van der Waals surface area contributed by atoms with Gasteiger partial charge in [0.1, 0.15) is 11.3 Å². The van der Waals surface area contributed by atoms with Crippen LogP contribution in [0.2, 0.25) is 5.02 Å². The Morgan fingerprint density at radius 1 is 0.926 bits per heavy atom. The van der Waals surface area contributed by atoms with Crippen LogP contribution < -0.4 is 0 Å². The van der Waals surface area contributed by atoms with E-state index < -0.39 is 11.7 Å². The molecular weight excluding hydrogens is 379 g/mol. The lowest BCUT2D eigenvalue weighted by atomic mass is 10.0. The van der Waals surface area contributed by atoms with Crippen LogP contribution >= 0.6 is 11.6 Å². The standard InChI is InChI=1S/C20H11ClF3NO2/c21-16-10-14(26)5-6-15(16)11-2-1-3-12(8-11)19-25-17-9-13(20(22,23)24)4-7-18(17)27-19/h1-10,26H. The summed E-state index contributed by atoms with van der Waals surface area (Å²) >= 11 is 6.18. The predicted octanol–water partition coefficient (Wildman–Crippen LogP) is 6.54. The first-order valence-electron chi connectivity index (χ1n) is 7.88. The van der Waals surface area contributed by atoms with E-state index in [1.54, 1.807) is 24.3 Å². The second-order valence-corrected chi connectivity index (χ2v) is 6.35. The molecule has 0 bridgehead atoms. The minimum absolute atomic E-state index is 0.0549. The Morgan fingerprint density at radius 2 is 1.70 bits per heavy atom. The fraction of sp³-hybridized carbons (Fsp3) is 0.0500. The molecule has 1 aromatic heterocycles. The zero-order valence-corrected chi connectivity index (χ0v) is 14.3. The van der Waals surface area contributed by atoms with Gasteiger partial charge < -0.3 is 9.52 Å². The minimum Gasteiger partial charge on any atom is -0.508 e. The highest BCUT2D eigenvalue weighted by Gasteiger charge is 2.31. The monoisotopic (exact) mass is 389 g/mol. The van der Waals surface area contributed by atoms with Crippen LogP contribution in [0.15, 0.2) is 65.1 Å². The molecule has 0 saturated heterocycles. The van der Waals surface area contributed by atoms with Gasteiger partial charge in [-0.3, -0.25) is 0 Å². The van der Waals surface area contributed by atoms with Crippen molar-refractivity contribution in [3.8, 4) is 28.3 Å². The van der Waals surface area contributed by atoms with Gasteiger partial charge in [0.15, 0.2) is 5.58 Å². The Morgan fingerprint density at radius 3 is 2.44 bits per heavy atom. The molecule has 0 spiro atoms. The number of aromatic nitrogens is 1. The second kappa shape index (κ2) is 6.32. The van der Waals surface area contributed by atoms with Gasteiger partial charge in [0.05, 0.1) is 10.6 Å². The largest absolute Gasteiger partial charge is 0.508 e. The van der Waals surface area contributed by atoms with E-state index in [1.165, 1.54) is 18.2 Å². The third kappa shape index (κ3) is 3.36. The van der Waals surface area contributed by atoms with E-state index in [0.717, 1.165) is 17.7 Å². The third-order valence-corrected chi connectivity index (χ3v) is 4.40. The zero-order valence-electron chi connectivity index (χ0n) is 13.6. The molecular formula is C20H11ClF3NO2. The average Bonchev–Trinajstić information content (AvgIpc) is 3.04. The fourth-order valence-corrected chi connectivity index (χ4v) is 3.07. The summed E-state index contributed by atoms with van der Waals surface area (Å²) in [4.78, 5) is 4.19. The van der Waals surface area contributed by atoms with Gasteiger partial charge in [-0.2, -0.15) is 13.2 Å². The average molecular weight is 390 g/mol. The molecule has 0 aliphatic carbocycles. The van der Waals surface area contributed by atoms with Crippen LogP contribution in [0.25, 0.3) is 33.7 Å². The van der Waals surface area contributed by atoms with Crippen LogP contribution in [0.5, 0.6) is 5.75 Å². The molecule has 136 valence electrons. The van der Waals surface area contributed by atoms with E-state index in [2.05, 4.69) is 4.98 Å². The Balaban J connectivity index is 1.77. The van der Waals surface area contributed by atoms with Crippen molar-refractivity contribution in [2.75, 3.05) is 0 Å². The lowest BCUT2D eigenvalue weighted by Crippen LogP contribution is -2.03. The number of benzene rings is 3. The summed E-state index contributed by atoms with van der Waals surface area (Å²) in [7, 11) is 0. The van der Waals surface area contributed by atoms with Crippen molar-refractivity contribution in [1.82, 2.24) is 4.98 Å². The normalized spacial score (nSPS) is 11.9. The molecule has 4 rings (SSSR count). The summed E-state index contributed by atoms with van der Waals surface area (Å²) in [6.45, 7) is 0. The quantitative estimate of drug-likeness (QED) is 0.423. The number of alkyl halides is 3. The van der Waals surface area contributed by atoms with Crippen molar-refractivity contribution in [1.29, 1.82) is 0 Å². The summed E-state index contributed by atoms with van der Waals surface area (Å²) in [5.41, 5.74) is 1.68. The van der Waals surface area contributed by atoms with Crippen LogP contribution in [0.1, 0.15) is 5.56 Å². The van der Waals surface area contributed by atoms with E-state index in [9.17, 15) is 18.3 Å². The van der Waals surface area contributed by atoms with E-state index in [1.807, 2.05) is 6.07 Å². The Kier molecular flexibility index (Phi) is 4.08. The Hall–Kier alpha value is -2.99. The molecule has 0 fully saturated rings. The number of oxazole rings is 1. The molecule has 0 saturated carbocycles. The number of hydrogen-bond donors (Lipinski definition) is 1. The van der Waals surface area contributed by atoms with E-state index in [0.29, 0.717) is 16.1 Å². The summed E-state index contributed by atoms with van der Waals surface area (Å²) in [6.07, 6.45) is -4.44. The molecule has 27 heavy (non-hydrogen) atoms. The van der Waals surface area contributed by atoms with E-state index >= 15 is 0 Å². The first kappa shape index (κ1) is 17.4. The van der Waals surface area contributed by atoms with E-state index in [4.69, 9.17) is 16.0 Å². The molecule has 1 N–H and O–H groups in total. The third-order valence-electron chi connectivity index (χ3n) is 4.09. The van der Waals surface area contributed by atoms with Gasteiger partial charge in [-0.25, -0.2) is 4.98 Å². The summed E-state index contributed by atoms with van der Waals surface area (Å²) < 4.78 is 44.2. The Labute approximate surface area is 156 Å². The van der Waals surface area contributed by atoms with Crippen molar-refractivity contribution in [3.05, 3.63) is 71.2 Å². The number of phenolic OH excluding ortho intramolecular Hbond substituents is 1. The topological polar surface area (TPSA) is 46.3 Å². The molecule has 0 aliphatic heterocycles. The van der Waals surface area contributed by atoms with Crippen molar-refractivity contribution in [3.63, 3.8) is 0 Å². The van der Waals surface area contributed by atoms with Gasteiger partial charge in [-0.05, 0) is 54.1 Å². The zero-order chi connectivity index (χ0) is 19.2. The van der Waals surface area contributed by atoms with Crippen molar-refractivity contribution in [2.24, 2.45) is 0 Å². The maximum Gasteiger partial charge on any atom is 0.416 e. The molecule has 7 heteroatoms. The molecule has 0 atom stereocenters. The number of hydrogen-bond acceptors (Lipinski definition) is 3. The maximum atomic E-state index is 12.9. The van der Waals surface area contributed by atoms with Crippen LogP contribution in [-0.4, -0.2) is 10.1 Å². The van der Waals surface area contributed by atoms with Gasteiger partial charge in [0, 0.05) is 11.1 Å². The van der Waals surface area contributed by atoms with Crippen LogP contribution in [-0.2, 0) is 6.18 Å². The van der Waals surface area contributed by atoms with Gasteiger partial charge in [-0.15, -0.1) is 0 Å². The lowest BCUT2D eigenvalue weighted by Gasteiger charge is -2.06. The molecule has 1 heterocycles. The number of aromatic hydroxyl groups is 1. The first-order valence-corrected chi connectivity index (χ1v) is 8.26. The molecule has 0 unspecified atom stereocenters. The fourth-order valence-electron chi connectivity index (χ4n) is 2.79. The van der Waals surface area contributed by atoms with Crippen molar-refractivity contribution in [2.45, 2.75) is 6.18 Å². The van der Waals surface area contributed by atoms with Crippen molar-refractivity contribution >= 4 is 22.7 Å². The smallest absolute Gasteiger partial charge is 0.416 e. The number of phenols is 1. The predicted molar refractivity (Wildman–Crippen MR) is 96.6 cm³/mol. The molecule has 3 nitrogen and oxygen atoms in total. The number of fused-ring (bicyclic) bond motifs is 1. The second-order valence-electron chi connectivity index (χ2n) is 5.94. The van der Waals surface area contributed by atoms with Gasteiger partial charge in [-0.1, -0.05) is 23.7 Å². The highest BCUT2D eigenvalue weighted by Crippen LogP contribution is 2.35. The molecule has 4 aromatic rings. The summed E-state index contributed by atoms with van der Waals surface area (Å²) in [5.74, 6) is 0.264. The van der Waals surface area contributed by atoms with Gasteiger partial charge in [0.25, 0.3) is 0 Å². The van der Waals surface area contributed by atoms with Gasteiger partial charge in [0.2, 0.25) is 5.89 Å². The maximum absolute atomic E-state index is 12.9. The first-order chi connectivity index (χ1) is 12.8. The highest BCUT2D eigenvalue weighted by molar-refractivity contribution is 6.33. The van der Waals surface area contributed by atoms with E-state index in [-0.39, 0.29) is 22.7 Å². The van der Waals surface area contributed by atoms with Crippen LogP contribution in [0.4, 0.5) is 13.2 Å². The minimum atomic E-state index is -4.44. The highest BCUT2D eigenvalue weighted by atomic mass is 35.5. The van der Waals surface area contributed by atoms with Crippen LogP contribution in [0, 0.1) is 0 Å². The lowest BCUT2D eigenvalue weighted by molar-refractivity contribution is -0.137. The summed E-state index contributed by atoms with van der Waals surface area (Å²) in [5, 5.41) is 9.86. The molecule has 3 aromatic carbocycles. The number of nitrogens with zero attached hydrogens (tertiary/aromatic N) is 1. The molecule has 0 amide bonds. The SMILES string of the molecule is Oc1ccc(-c2cccc(-c3nc4cc(C(F)(F)F)ccc4o3)c2)c(Cl)c1. The summed E-state index contributed by atoms with van der Waals surface area (Å²) in [6, 6.07) is 14.9. The van der Waals surface area contributed by atoms with Crippen molar-refractivity contribution < 1.29 is 22.7 Å². The van der Waals surface area contributed by atoms with Crippen LogP contribution in [0.3, 0.4) is 0 Å².